The summed E-state index contributed by atoms with van der Waals surface area (Å²) in [5.41, 5.74) is -0.188. The second kappa shape index (κ2) is 7.17. The smallest absolute Gasteiger partial charge is 0.293 e. The first kappa shape index (κ1) is 18.5. The van der Waals surface area contributed by atoms with Crippen LogP contribution in [0.4, 0.5) is 11.4 Å². The second-order valence-electron chi connectivity index (χ2n) is 6.56. The molecule has 0 aromatic heterocycles. The predicted molar refractivity (Wildman–Crippen MR) is 91.7 cm³/mol. The first-order valence-electron chi connectivity index (χ1n) is 8.17. The van der Waals surface area contributed by atoms with Gasteiger partial charge in [0.15, 0.2) is 0 Å². The van der Waals surface area contributed by atoms with Crippen molar-refractivity contribution in [3.8, 4) is 0 Å². The molecule has 1 aliphatic heterocycles. The Balaban J connectivity index is 1.67. The zero-order valence-electron chi connectivity index (χ0n) is 14.0. The highest BCUT2D eigenvalue weighted by molar-refractivity contribution is 7.89. The van der Waals surface area contributed by atoms with Crippen molar-refractivity contribution in [3.63, 3.8) is 0 Å². The molecule has 1 aromatic rings. The topological polar surface area (TPSA) is 145 Å². The number of ether oxygens (including phenoxy) is 1. The molecular formula is C15H20N4O6S. The van der Waals surface area contributed by atoms with Gasteiger partial charge in [0.05, 0.1) is 16.4 Å². The third-order valence-electron chi connectivity index (χ3n) is 4.39. The predicted octanol–water partition coefficient (Wildman–Crippen LogP) is 0.497. The number of hydrogen-bond acceptors (Lipinski definition) is 7. The number of nitrogens with two attached hydrogens (primary N) is 1. The van der Waals surface area contributed by atoms with Crippen LogP contribution in [0.3, 0.4) is 0 Å². The normalized spacial score (nSPS) is 20.7. The molecule has 1 aromatic carbocycles. The molecule has 10 nitrogen and oxygen atoms in total. The Hall–Kier alpha value is -2.24. The number of sulfonamides is 1. The molecule has 1 unspecified atom stereocenters. The van der Waals surface area contributed by atoms with E-state index in [0.717, 1.165) is 18.9 Å². The van der Waals surface area contributed by atoms with Gasteiger partial charge in [0.25, 0.3) is 5.69 Å². The molecule has 1 atom stereocenters. The molecule has 0 spiro atoms. The van der Waals surface area contributed by atoms with E-state index in [9.17, 15) is 23.3 Å². The summed E-state index contributed by atoms with van der Waals surface area (Å²) in [7, 11) is -4.03. The number of nitro groups is 1. The molecule has 2 aliphatic rings. The lowest BCUT2D eigenvalue weighted by atomic mass is 10.1. The van der Waals surface area contributed by atoms with Gasteiger partial charge in [-0.05, 0) is 25.0 Å². The van der Waals surface area contributed by atoms with Gasteiger partial charge < -0.3 is 15.0 Å². The van der Waals surface area contributed by atoms with Crippen LogP contribution in [0.1, 0.15) is 12.8 Å². The number of nitro benzene ring substituents is 1. The summed E-state index contributed by atoms with van der Waals surface area (Å²) in [4.78, 5) is 24.0. The number of nitrogens with zero attached hydrogens (tertiary/aromatic N) is 2. The minimum atomic E-state index is -4.03. The fourth-order valence-corrected chi connectivity index (χ4v) is 3.39. The van der Waals surface area contributed by atoms with Gasteiger partial charge in [-0.3, -0.25) is 14.9 Å². The first-order valence-corrected chi connectivity index (χ1v) is 9.72. The zero-order chi connectivity index (χ0) is 18.9. The van der Waals surface area contributed by atoms with Crippen molar-refractivity contribution in [1.29, 1.82) is 0 Å². The van der Waals surface area contributed by atoms with E-state index in [0.29, 0.717) is 19.7 Å². The minimum absolute atomic E-state index is 0.0241. The number of rotatable bonds is 6. The van der Waals surface area contributed by atoms with Gasteiger partial charge in [-0.15, -0.1) is 0 Å². The quantitative estimate of drug-likeness (QED) is 0.536. The summed E-state index contributed by atoms with van der Waals surface area (Å²) >= 11 is 0. The maximum Gasteiger partial charge on any atom is 0.293 e. The third-order valence-corrected chi connectivity index (χ3v) is 5.30. The summed E-state index contributed by atoms with van der Waals surface area (Å²) in [6.45, 7) is 1.58. The minimum Gasteiger partial charge on any atom is -0.379 e. The molecule has 1 saturated heterocycles. The van der Waals surface area contributed by atoms with E-state index in [1.807, 2.05) is 0 Å². The molecule has 0 bridgehead atoms. The van der Waals surface area contributed by atoms with E-state index in [2.05, 4.69) is 5.32 Å². The highest BCUT2D eigenvalue weighted by Crippen LogP contribution is 2.32. The van der Waals surface area contributed by atoms with Crippen LogP contribution < -0.4 is 10.5 Å². The van der Waals surface area contributed by atoms with Crippen molar-refractivity contribution >= 4 is 27.3 Å². The molecule has 1 aliphatic carbocycles. The Morgan fingerprint density at radius 1 is 1.42 bits per heavy atom. The van der Waals surface area contributed by atoms with Crippen molar-refractivity contribution < 1.29 is 22.9 Å². The summed E-state index contributed by atoms with van der Waals surface area (Å²) in [5, 5.41) is 19.2. The number of anilines is 1. The van der Waals surface area contributed by atoms with Crippen LogP contribution in [0.15, 0.2) is 23.1 Å². The Labute approximate surface area is 150 Å². The van der Waals surface area contributed by atoms with Crippen LogP contribution in [0.25, 0.3) is 0 Å². The van der Waals surface area contributed by atoms with Crippen LogP contribution in [-0.4, -0.2) is 50.6 Å². The first-order chi connectivity index (χ1) is 12.3. The van der Waals surface area contributed by atoms with Crippen molar-refractivity contribution in [1.82, 2.24) is 4.90 Å². The number of hydrogen-bond donors (Lipinski definition) is 2. The van der Waals surface area contributed by atoms with Crippen molar-refractivity contribution in [2.24, 2.45) is 17.0 Å². The van der Waals surface area contributed by atoms with E-state index in [-0.39, 0.29) is 40.7 Å². The highest BCUT2D eigenvalue weighted by atomic mass is 32.2. The highest BCUT2D eigenvalue weighted by Gasteiger charge is 2.35. The van der Waals surface area contributed by atoms with Gasteiger partial charge in [0.1, 0.15) is 12.4 Å². The lowest BCUT2D eigenvalue weighted by Crippen LogP contribution is -2.45. The molecule has 11 heteroatoms. The van der Waals surface area contributed by atoms with E-state index >= 15 is 0 Å². The Morgan fingerprint density at radius 2 is 2.15 bits per heavy atom. The van der Waals surface area contributed by atoms with E-state index < -0.39 is 14.9 Å². The van der Waals surface area contributed by atoms with E-state index in [4.69, 9.17) is 9.88 Å². The molecule has 1 saturated carbocycles. The van der Waals surface area contributed by atoms with Gasteiger partial charge in [0, 0.05) is 31.0 Å². The Kier molecular flexibility index (Phi) is 5.12. The van der Waals surface area contributed by atoms with Gasteiger partial charge in [-0.25, -0.2) is 13.6 Å². The molecule has 3 N–H and O–H groups in total. The van der Waals surface area contributed by atoms with E-state index in [1.54, 1.807) is 4.90 Å². The maximum atomic E-state index is 12.1. The zero-order valence-corrected chi connectivity index (χ0v) is 14.8. The largest absolute Gasteiger partial charge is 0.379 e. The average Bonchev–Trinajstić information content (AvgIpc) is 3.43. The lowest BCUT2D eigenvalue weighted by Gasteiger charge is -2.33. The van der Waals surface area contributed by atoms with Crippen molar-refractivity contribution in [3.05, 3.63) is 28.3 Å². The second-order valence-corrected chi connectivity index (χ2v) is 8.12. The van der Waals surface area contributed by atoms with Crippen LogP contribution in [-0.2, 0) is 19.6 Å². The van der Waals surface area contributed by atoms with Gasteiger partial charge in [0.2, 0.25) is 15.9 Å². The lowest BCUT2D eigenvalue weighted by molar-refractivity contribution is -0.384. The molecule has 1 amide bonds. The van der Waals surface area contributed by atoms with Crippen LogP contribution in [0, 0.1) is 22.0 Å². The van der Waals surface area contributed by atoms with Crippen LogP contribution in [0.5, 0.6) is 0 Å². The number of amides is 1. The van der Waals surface area contributed by atoms with E-state index in [1.165, 1.54) is 12.1 Å². The average molecular weight is 384 g/mol. The molecule has 3 rings (SSSR count). The number of primary sulfonamides is 1. The van der Waals surface area contributed by atoms with Gasteiger partial charge in [-0.1, -0.05) is 0 Å². The maximum absolute atomic E-state index is 12.1. The number of carbonyl (C=O) groups is 1. The van der Waals surface area contributed by atoms with Gasteiger partial charge >= 0.3 is 0 Å². The Bertz CT molecular complexity index is 823. The Morgan fingerprint density at radius 3 is 2.77 bits per heavy atom. The van der Waals surface area contributed by atoms with Crippen LogP contribution in [0.2, 0.25) is 0 Å². The molecule has 142 valence electrons. The molecule has 1 heterocycles. The molecule has 2 fully saturated rings. The summed E-state index contributed by atoms with van der Waals surface area (Å²) in [6.07, 6.45) is 1.84. The molecule has 0 radical (unpaired) electrons. The summed E-state index contributed by atoms with van der Waals surface area (Å²) < 4.78 is 28.2. The standard InChI is InChI=1S/C15H20N4O6S/c16-26(23,24)12-3-4-13(14(5-12)19(21)22)17-6-10-7-18(9-25-8-10)15(20)11-1-2-11/h3-5,10-11,17H,1-2,6-9H2,(H2,16,23,24). The van der Waals surface area contributed by atoms with Gasteiger partial charge in [-0.2, -0.15) is 0 Å². The molecule has 26 heavy (non-hydrogen) atoms. The number of carbonyl (C=O) groups excluding carboxylic acids is 1. The number of nitrogens with one attached hydrogen (secondary N) is 1. The fraction of sp³-hybridized carbons (Fsp3) is 0.533. The third kappa shape index (κ3) is 4.29. The van der Waals surface area contributed by atoms with Crippen LogP contribution >= 0.6 is 0 Å². The monoisotopic (exact) mass is 384 g/mol. The SMILES string of the molecule is NS(=O)(=O)c1ccc(NCC2COCN(C(=O)C3CC3)C2)c([N+](=O)[O-])c1. The van der Waals surface area contributed by atoms with Crippen molar-refractivity contribution in [2.45, 2.75) is 17.7 Å². The van der Waals surface area contributed by atoms with Crippen molar-refractivity contribution in [2.75, 3.05) is 31.7 Å². The summed E-state index contributed by atoms with van der Waals surface area (Å²) in [6, 6.07) is 3.46. The fourth-order valence-electron chi connectivity index (χ4n) is 2.86. The summed E-state index contributed by atoms with van der Waals surface area (Å²) in [5.74, 6) is 0.180. The molecular weight excluding hydrogens is 364 g/mol. The number of benzene rings is 1.